The van der Waals surface area contributed by atoms with Crippen LogP contribution in [0.4, 0.5) is 11.4 Å². The first kappa shape index (κ1) is 16.2. The summed E-state index contributed by atoms with van der Waals surface area (Å²) >= 11 is 5.55. The molecule has 1 amide bonds. The van der Waals surface area contributed by atoms with Gasteiger partial charge in [-0.05, 0) is 24.6 Å². The number of hydrogen-bond acceptors (Lipinski definition) is 4. The summed E-state index contributed by atoms with van der Waals surface area (Å²) in [5, 5.41) is 3.81. The minimum Gasteiger partial charge on any atom is -0.317 e. The molecule has 122 valence electrons. The normalized spacial score (nSPS) is 14.8. The largest absolute Gasteiger partial charge is 0.335 e. The number of amides is 1. The highest BCUT2D eigenvalue weighted by Gasteiger charge is 2.35. The quantitative estimate of drug-likeness (QED) is 0.473. The molecule has 0 N–H and O–H groups in total. The average Bonchev–Trinajstić information content (AvgIpc) is 2.90. The zero-order chi connectivity index (χ0) is 16.9. The van der Waals surface area contributed by atoms with Crippen LogP contribution in [0.5, 0.6) is 0 Å². The summed E-state index contributed by atoms with van der Waals surface area (Å²) < 4.78 is 0. The minimum atomic E-state index is -0.508. The van der Waals surface area contributed by atoms with Crippen LogP contribution in [-0.2, 0) is 14.4 Å². The van der Waals surface area contributed by atoms with Gasteiger partial charge in [0, 0.05) is 23.6 Å². The topological polar surface area (TPSA) is 59.0 Å². The van der Waals surface area contributed by atoms with Crippen LogP contribution in [0.2, 0.25) is 0 Å². The van der Waals surface area contributed by atoms with E-state index in [0.717, 1.165) is 5.69 Å². The third-order valence-corrected chi connectivity index (χ3v) is 3.84. The number of hydrogen-bond donors (Lipinski definition) is 0. The number of anilines is 2. The maximum atomic E-state index is 12.8. The van der Waals surface area contributed by atoms with Gasteiger partial charge in [0.25, 0.3) is 5.91 Å². The van der Waals surface area contributed by atoms with Crippen LogP contribution in [-0.4, -0.2) is 23.5 Å². The SMILES string of the molecule is O=C(CCCCl)O/N=C1\C(=O)N(c2ccccc2)c2ccccc21. The van der Waals surface area contributed by atoms with E-state index in [9.17, 15) is 9.59 Å². The van der Waals surface area contributed by atoms with Crippen LogP contribution in [0, 0.1) is 0 Å². The molecule has 0 bridgehead atoms. The van der Waals surface area contributed by atoms with Crippen molar-refractivity contribution in [3.63, 3.8) is 0 Å². The van der Waals surface area contributed by atoms with Crippen molar-refractivity contribution in [2.24, 2.45) is 5.16 Å². The third-order valence-electron chi connectivity index (χ3n) is 3.57. The molecule has 0 unspecified atom stereocenters. The highest BCUT2D eigenvalue weighted by molar-refractivity contribution is 6.55. The van der Waals surface area contributed by atoms with Crippen molar-refractivity contribution in [2.75, 3.05) is 10.8 Å². The molecule has 1 heterocycles. The number of nitrogens with zero attached hydrogens (tertiary/aromatic N) is 2. The van der Waals surface area contributed by atoms with Gasteiger partial charge in [-0.2, -0.15) is 0 Å². The summed E-state index contributed by atoms with van der Waals surface area (Å²) in [5.41, 5.74) is 2.20. The standard InChI is InChI=1S/C18H15ClN2O3/c19-12-6-11-16(22)24-20-17-14-9-4-5-10-15(14)21(18(17)23)13-7-2-1-3-8-13/h1-5,7-10H,6,11-12H2/b20-17-. The summed E-state index contributed by atoms with van der Waals surface area (Å²) in [4.78, 5) is 30.8. The number of alkyl halides is 1. The van der Waals surface area contributed by atoms with Crippen molar-refractivity contribution in [1.82, 2.24) is 0 Å². The van der Waals surface area contributed by atoms with Crippen molar-refractivity contribution in [3.8, 4) is 0 Å². The van der Waals surface area contributed by atoms with Crippen LogP contribution in [0.25, 0.3) is 0 Å². The fourth-order valence-electron chi connectivity index (χ4n) is 2.47. The van der Waals surface area contributed by atoms with Crippen molar-refractivity contribution < 1.29 is 14.4 Å². The molecule has 3 rings (SSSR count). The van der Waals surface area contributed by atoms with Crippen LogP contribution in [0.3, 0.4) is 0 Å². The van der Waals surface area contributed by atoms with E-state index in [-0.39, 0.29) is 18.0 Å². The Morgan fingerprint density at radius 3 is 2.54 bits per heavy atom. The molecule has 0 saturated heterocycles. The highest BCUT2D eigenvalue weighted by atomic mass is 35.5. The Labute approximate surface area is 144 Å². The molecular weight excluding hydrogens is 328 g/mol. The molecular formula is C18H15ClN2O3. The molecule has 0 aliphatic carbocycles. The molecule has 6 heteroatoms. The van der Waals surface area contributed by atoms with Gasteiger partial charge in [0.15, 0.2) is 5.71 Å². The molecule has 2 aromatic carbocycles. The van der Waals surface area contributed by atoms with Gasteiger partial charge in [0.1, 0.15) is 0 Å². The Bertz CT molecular complexity index is 790. The van der Waals surface area contributed by atoms with Gasteiger partial charge < -0.3 is 4.84 Å². The van der Waals surface area contributed by atoms with Gasteiger partial charge in [0.05, 0.1) is 5.69 Å². The first-order valence-electron chi connectivity index (χ1n) is 7.55. The summed E-state index contributed by atoms with van der Waals surface area (Å²) in [6, 6.07) is 16.5. The lowest BCUT2D eigenvalue weighted by molar-refractivity contribution is -0.143. The van der Waals surface area contributed by atoms with Crippen molar-refractivity contribution in [2.45, 2.75) is 12.8 Å². The zero-order valence-electron chi connectivity index (χ0n) is 12.8. The Morgan fingerprint density at radius 2 is 1.79 bits per heavy atom. The predicted octanol–water partition coefficient (Wildman–Crippen LogP) is 3.63. The fraction of sp³-hybridized carbons (Fsp3) is 0.167. The Morgan fingerprint density at radius 1 is 1.08 bits per heavy atom. The Kier molecular flexibility index (Phi) is 4.91. The van der Waals surface area contributed by atoms with E-state index >= 15 is 0 Å². The zero-order valence-corrected chi connectivity index (χ0v) is 13.6. The van der Waals surface area contributed by atoms with E-state index in [1.165, 1.54) is 0 Å². The lowest BCUT2D eigenvalue weighted by Crippen LogP contribution is -2.25. The van der Waals surface area contributed by atoms with Crippen molar-refractivity contribution >= 4 is 40.6 Å². The van der Waals surface area contributed by atoms with E-state index in [1.807, 2.05) is 48.5 Å². The second kappa shape index (κ2) is 7.27. The number of carbonyl (C=O) groups is 2. The average molecular weight is 343 g/mol. The van der Waals surface area contributed by atoms with Crippen LogP contribution >= 0.6 is 11.6 Å². The van der Waals surface area contributed by atoms with Gasteiger partial charge in [0.2, 0.25) is 0 Å². The number of carbonyl (C=O) groups excluding carboxylic acids is 2. The van der Waals surface area contributed by atoms with Gasteiger partial charge >= 0.3 is 5.97 Å². The summed E-state index contributed by atoms with van der Waals surface area (Å²) in [6.45, 7) is 0. The van der Waals surface area contributed by atoms with Gasteiger partial charge in [-0.25, -0.2) is 4.79 Å². The lowest BCUT2D eigenvalue weighted by atomic mass is 10.1. The van der Waals surface area contributed by atoms with Crippen LogP contribution in [0.15, 0.2) is 59.8 Å². The van der Waals surface area contributed by atoms with Gasteiger partial charge in [-0.1, -0.05) is 41.6 Å². The van der Waals surface area contributed by atoms with Crippen LogP contribution in [0.1, 0.15) is 18.4 Å². The first-order chi connectivity index (χ1) is 11.7. The van der Waals surface area contributed by atoms with Crippen molar-refractivity contribution in [1.29, 1.82) is 0 Å². The highest BCUT2D eigenvalue weighted by Crippen LogP contribution is 2.35. The number of para-hydroxylation sites is 2. The summed E-state index contributed by atoms with van der Waals surface area (Å²) in [6.07, 6.45) is 0.671. The first-order valence-corrected chi connectivity index (χ1v) is 8.08. The lowest BCUT2D eigenvalue weighted by Gasteiger charge is -2.16. The number of benzene rings is 2. The molecule has 0 radical (unpaired) electrons. The Hall–Kier alpha value is -2.66. The maximum absolute atomic E-state index is 12.8. The molecule has 0 saturated carbocycles. The second-order valence-corrected chi connectivity index (χ2v) is 5.57. The number of halogens is 1. The molecule has 0 aromatic heterocycles. The molecule has 0 fully saturated rings. The number of rotatable bonds is 5. The molecule has 24 heavy (non-hydrogen) atoms. The third kappa shape index (κ3) is 3.16. The van der Waals surface area contributed by atoms with Crippen LogP contribution < -0.4 is 4.90 Å². The van der Waals surface area contributed by atoms with E-state index in [4.69, 9.17) is 16.4 Å². The molecule has 1 aliphatic heterocycles. The Balaban J connectivity index is 1.92. The van der Waals surface area contributed by atoms with E-state index in [0.29, 0.717) is 23.6 Å². The fourth-order valence-corrected chi connectivity index (χ4v) is 2.61. The summed E-state index contributed by atoms with van der Waals surface area (Å²) in [5.74, 6) is -0.464. The van der Waals surface area contributed by atoms with E-state index in [1.54, 1.807) is 11.0 Å². The van der Waals surface area contributed by atoms with Crippen molar-refractivity contribution in [3.05, 3.63) is 60.2 Å². The molecule has 0 spiro atoms. The number of fused-ring (bicyclic) bond motifs is 1. The second-order valence-electron chi connectivity index (χ2n) is 5.19. The molecule has 1 aliphatic rings. The minimum absolute atomic E-state index is 0.119. The van der Waals surface area contributed by atoms with E-state index in [2.05, 4.69) is 5.16 Å². The molecule has 2 aromatic rings. The smallest absolute Gasteiger partial charge is 0.317 e. The monoisotopic (exact) mass is 342 g/mol. The number of oxime groups is 1. The summed E-state index contributed by atoms with van der Waals surface area (Å²) in [7, 11) is 0. The predicted molar refractivity (Wildman–Crippen MR) is 92.6 cm³/mol. The van der Waals surface area contributed by atoms with Gasteiger partial charge in [-0.3, -0.25) is 9.69 Å². The van der Waals surface area contributed by atoms with E-state index < -0.39 is 5.97 Å². The molecule has 0 atom stereocenters. The maximum Gasteiger partial charge on any atom is 0.335 e. The molecule has 5 nitrogen and oxygen atoms in total. The van der Waals surface area contributed by atoms with Gasteiger partial charge in [-0.15, -0.1) is 11.6 Å².